The van der Waals surface area contributed by atoms with Crippen LogP contribution in [0.3, 0.4) is 0 Å². The van der Waals surface area contributed by atoms with Crippen LogP contribution in [0, 0.1) is 30.1 Å². The van der Waals surface area contributed by atoms with Crippen LogP contribution in [0.4, 0.5) is 0 Å². The lowest BCUT2D eigenvalue weighted by Crippen LogP contribution is -2.33. The second-order valence-electron chi connectivity index (χ2n) is 9.82. The number of hydrogen-bond donors (Lipinski definition) is 0. The number of benzene rings is 1. The number of rotatable bonds is 8. The summed E-state index contributed by atoms with van der Waals surface area (Å²) in [7, 11) is 0. The largest absolute Gasteiger partial charge is 0.115 e. The summed E-state index contributed by atoms with van der Waals surface area (Å²) in [4.78, 5) is 0. The van der Waals surface area contributed by atoms with Crippen molar-refractivity contribution in [3.63, 3.8) is 0 Å². The van der Waals surface area contributed by atoms with E-state index in [1.807, 2.05) is 6.08 Å². The summed E-state index contributed by atoms with van der Waals surface area (Å²) >= 11 is 0. The van der Waals surface area contributed by atoms with E-state index in [9.17, 15) is 0 Å². The second kappa shape index (κ2) is 11.1. The molecular formula is C29H42. The molecular weight excluding hydrogens is 348 g/mol. The summed E-state index contributed by atoms with van der Waals surface area (Å²) in [5.41, 5.74) is 3.06. The van der Waals surface area contributed by atoms with Crippen molar-refractivity contribution in [2.45, 2.75) is 103 Å². The van der Waals surface area contributed by atoms with Crippen molar-refractivity contribution in [1.29, 1.82) is 0 Å². The van der Waals surface area contributed by atoms with E-state index < -0.39 is 0 Å². The lowest BCUT2D eigenvalue weighted by molar-refractivity contribution is 0.142. The zero-order valence-corrected chi connectivity index (χ0v) is 19.0. The fraction of sp³-hybridized carbons (Fsp3) is 0.655. The van der Waals surface area contributed by atoms with E-state index in [0.29, 0.717) is 0 Å². The number of aryl methyl sites for hydroxylation is 1. The van der Waals surface area contributed by atoms with Gasteiger partial charge in [-0.2, -0.15) is 0 Å². The van der Waals surface area contributed by atoms with E-state index in [-0.39, 0.29) is 5.41 Å². The molecule has 1 aromatic carbocycles. The highest BCUT2D eigenvalue weighted by Gasteiger charge is 2.38. The summed E-state index contributed by atoms with van der Waals surface area (Å²) in [6.07, 6.45) is 27.9. The number of terminal acetylenes is 1. The van der Waals surface area contributed by atoms with Crippen molar-refractivity contribution in [1.82, 2.24) is 0 Å². The SMILES string of the molecule is C#C/C=C/C1(c2ccc(CC)cc2)CCC(C2CCC(CCCCC)CC2)CC1. The van der Waals surface area contributed by atoms with Crippen LogP contribution in [0.25, 0.3) is 0 Å². The Morgan fingerprint density at radius 1 is 0.931 bits per heavy atom. The normalized spacial score (nSPS) is 30.3. The maximum atomic E-state index is 5.59. The van der Waals surface area contributed by atoms with Crippen molar-refractivity contribution < 1.29 is 0 Å². The first-order chi connectivity index (χ1) is 14.2. The third-order valence-electron chi connectivity index (χ3n) is 8.13. The molecule has 0 N–H and O–H groups in total. The Kier molecular flexibility index (Phi) is 8.47. The quantitative estimate of drug-likeness (QED) is 0.309. The van der Waals surface area contributed by atoms with Crippen LogP contribution in [0.15, 0.2) is 36.4 Å². The summed E-state index contributed by atoms with van der Waals surface area (Å²) in [5, 5.41) is 0. The van der Waals surface area contributed by atoms with Gasteiger partial charge in [-0.1, -0.05) is 88.6 Å². The Hall–Kier alpha value is -1.48. The molecule has 0 atom stereocenters. The minimum absolute atomic E-state index is 0.159. The second-order valence-corrected chi connectivity index (χ2v) is 9.82. The van der Waals surface area contributed by atoms with Gasteiger partial charge in [-0.05, 0) is 79.9 Å². The number of unbranched alkanes of at least 4 members (excludes halogenated alkanes) is 2. The van der Waals surface area contributed by atoms with Gasteiger partial charge in [0.1, 0.15) is 0 Å². The molecule has 0 saturated heterocycles. The van der Waals surface area contributed by atoms with Gasteiger partial charge < -0.3 is 0 Å². The Morgan fingerprint density at radius 2 is 1.59 bits per heavy atom. The molecule has 0 heterocycles. The van der Waals surface area contributed by atoms with Crippen LogP contribution >= 0.6 is 0 Å². The number of hydrogen-bond acceptors (Lipinski definition) is 0. The van der Waals surface area contributed by atoms with Gasteiger partial charge in [-0.15, -0.1) is 6.42 Å². The molecule has 0 heteroatoms. The van der Waals surface area contributed by atoms with E-state index in [2.05, 4.69) is 50.1 Å². The molecule has 2 saturated carbocycles. The first-order valence-electron chi connectivity index (χ1n) is 12.4. The van der Waals surface area contributed by atoms with Crippen LogP contribution in [0.1, 0.15) is 102 Å². The highest BCUT2D eigenvalue weighted by atomic mass is 14.4. The van der Waals surface area contributed by atoms with Crippen molar-refractivity contribution >= 4 is 0 Å². The van der Waals surface area contributed by atoms with Gasteiger partial charge in [0.25, 0.3) is 0 Å². The summed E-state index contributed by atoms with van der Waals surface area (Å²) < 4.78 is 0. The molecule has 0 nitrogen and oxygen atoms in total. The van der Waals surface area contributed by atoms with Crippen LogP contribution in [0.5, 0.6) is 0 Å². The van der Waals surface area contributed by atoms with E-state index >= 15 is 0 Å². The lowest BCUT2D eigenvalue weighted by atomic mass is 9.62. The highest BCUT2D eigenvalue weighted by Crippen LogP contribution is 2.48. The third-order valence-corrected chi connectivity index (χ3v) is 8.13. The molecule has 2 fully saturated rings. The first-order valence-corrected chi connectivity index (χ1v) is 12.4. The Balaban J connectivity index is 1.58. The fourth-order valence-electron chi connectivity index (χ4n) is 6.09. The molecule has 0 unspecified atom stereocenters. The maximum Gasteiger partial charge on any atom is 0.0141 e. The van der Waals surface area contributed by atoms with E-state index in [0.717, 1.165) is 24.2 Å². The van der Waals surface area contributed by atoms with Crippen LogP contribution in [-0.2, 0) is 11.8 Å². The molecule has 158 valence electrons. The summed E-state index contributed by atoms with van der Waals surface area (Å²) in [5.74, 6) is 5.70. The maximum absolute atomic E-state index is 5.59. The molecule has 0 bridgehead atoms. The molecule has 0 radical (unpaired) electrons. The van der Waals surface area contributed by atoms with Crippen LogP contribution in [-0.4, -0.2) is 0 Å². The molecule has 0 aliphatic heterocycles. The van der Waals surface area contributed by atoms with Crippen molar-refractivity contribution in [2.24, 2.45) is 17.8 Å². The predicted molar refractivity (Wildman–Crippen MR) is 127 cm³/mol. The minimum atomic E-state index is 0.159. The van der Waals surface area contributed by atoms with E-state index in [1.54, 1.807) is 0 Å². The standard InChI is InChI=1S/C29H42/c1-4-7-9-10-25-11-15-26(16-12-25)27-19-22-29(23-20-27,21-8-5-2)28-17-13-24(6-3)14-18-28/h2,8,13-14,17-18,21,25-27H,4,6-7,9-12,15-16,19-20,22-23H2,1,3H3/b21-8+. The Morgan fingerprint density at radius 3 is 2.17 bits per heavy atom. The zero-order valence-electron chi connectivity index (χ0n) is 19.0. The topological polar surface area (TPSA) is 0 Å². The van der Waals surface area contributed by atoms with E-state index in [1.165, 1.54) is 88.2 Å². The third kappa shape index (κ3) is 5.78. The zero-order chi connectivity index (χ0) is 20.5. The molecule has 1 aromatic rings. The average Bonchev–Trinajstić information content (AvgIpc) is 2.79. The van der Waals surface area contributed by atoms with Gasteiger partial charge in [0.15, 0.2) is 0 Å². The smallest absolute Gasteiger partial charge is 0.0141 e. The van der Waals surface area contributed by atoms with Crippen LogP contribution < -0.4 is 0 Å². The molecule has 0 spiro atoms. The summed E-state index contributed by atoms with van der Waals surface area (Å²) in [6, 6.07) is 9.35. The number of allylic oxidation sites excluding steroid dienone is 2. The molecule has 3 rings (SSSR count). The van der Waals surface area contributed by atoms with Crippen molar-refractivity contribution in [3.8, 4) is 12.3 Å². The van der Waals surface area contributed by atoms with Crippen molar-refractivity contribution in [3.05, 3.63) is 47.5 Å². The molecule has 2 aliphatic carbocycles. The van der Waals surface area contributed by atoms with Crippen LogP contribution in [0.2, 0.25) is 0 Å². The molecule has 2 aliphatic rings. The van der Waals surface area contributed by atoms with Crippen molar-refractivity contribution in [2.75, 3.05) is 0 Å². The van der Waals surface area contributed by atoms with Gasteiger partial charge in [0.2, 0.25) is 0 Å². The predicted octanol–water partition coefficient (Wildman–Crippen LogP) is 8.25. The molecule has 0 amide bonds. The highest BCUT2D eigenvalue weighted by molar-refractivity contribution is 5.35. The Labute approximate surface area is 180 Å². The van der Waals surface area contributed by atoms with Gasteiger partial charge >= 0.3 is 0 Å². The van der Waals surface area contributed by atoms with Gasteiger partial charge in [0.05, 0.1) is 0 Å². The van der Waals surface area contributed by atoms with Gasteiger partial charge in [-0.25, -0.2) is 0 Å². The monoisotopic (exact) mass is 390 g/mol. The first kappa shape index (κ1) is 22.2. The van der Waals surface area contributed by atoms with Gasteiger partial charge in [0, 0.05) is 5.41 Å². The summed E-state index contributed by atoms with van der Waals surface area (Å²) in [6.45, 7) is 4.55. The molecule has 29 heavy (non-hydrogen) atoms. The minimum Gasteiger partial charge on any atom is -0.115 e. The average molecular weight is 391 g/mol. The van der Waals surface area contributed by atoms with Gasteiger partial charge in [-0.3, -0.25) is 0 Å². The Bertz CT molecular complexity index is 655. The lowest BCUT2D eigenvalue weighted by Gasteiger charge is -2.43. The molecule has 0 aromatic heterocycles. The van der Waals surface area contributed by atoms with E-state index in [4.69, 9.17) is 6.42 Å². The fourth-order valence-corrected chi connectivity index (χ4v) is 6.09.